The van der Waals surface area contributed by atoms with Gasteiger partial charge in [0.1, 0.15) is 0 Å². The van der Waals surface area contributed by atoms with Crippen molar-refractivity contribution in [3.63, 3.8) is 0 Å². The fourth-order valence-corrected chi connectivity index (χ4v) is 0.821. The van der Waals surface area contributed by atoms with Gasteiger partial charge in [-0.3, -0.25) is 0 Å². The van der Waals surface area contributed by atoms with Crippen molar-refractivity contribution in [2.24, 2.45) is 3.34 Å². The van der Waals surface area contributed by atoms with Crippen LogP contribution in [-0.2, 0) is 27.3 Å². The fourth-order valence-electron chi connectivity index (χ4n) is 0.821. The molecule has 0 bridgehead atoms. The third kappa shape index (κ3) is 16.5. The van der Waals surface area contributed by atoms with E-state index in [0.29, 0.717) is 0 Å². The quantitative estimate of drug-likeness (QED) is 0.730. The molecule has 15 heavy (non-hydrogen) atoms. The van der Waals surface area contributed by atoms with Crippen molar-refractivity contribution in [3.8, 4) is 0 Å². The van der Waals surface area contributed by atoms with Gasteiger partial charge >= 0.3 is 31.3 Å². The van der Waals surface area contributed by atoms with E-state index >= 15 is 0 Å². The molecule has 0 aromatic heterocycles. The molecule has 1 aromatic carbocycles. The standard InChI is InChI=1S/C8H11N.C2H6N.CH3N.Ta/c1-9-7-6-8-4-2-3-5-8;1-3-2;1-2;/h2-5H,6-7H2,1H3;1-2H3;1H3;/q-2;-1;;. The Morgan fingerprint density at radius 3 is 2.27 bits per heavy atom. The monoisotopic (exact) mass is 375 g/mol. The second kappa shape index (κ2) is 16.2. The van der Waals surface area contributed by atoms with E-state index < -0.39 is 0 Å². The number of nitrogens with zero attached hydrogens (tertiary/aromatic N) is 3. The second-order valence-electron chi connectivity index (χ2n) is 2.73. The Balaban J connectivity index is 0. The molecule has 0 saturated heterocycles. The van der Waals surface area contributed by atoms with E-state index in [1.807, 2.05) is 7.05 Å². The van der Waals surface area contributed by atoms with E-state index in [4.69, 9.17) is 0 Å². The van der Waals surface area contributed by atoms with Gasteiger partial charge in [0.05, 0.1) is 0 Å². The summed E-state index contributed by atoms with van der Waals surface area (Å²) in [4.78, 5) is 0. The van der Waals surface area contributed by atoms with Crippen LogP contribution in [0.2, 0.25) is 0 Å². The zero-order chi connectivity index (χ0) is 11.9. The predicted octanol–water partition coefficient (Wildman–Crippen LogP) is 2.92. The summed E-state index contributed by atoms with van der Waals surface area (Å²) < 4.78 is 3.61. The molecule has 87 valence electrons. The molecule has 0 unspecified atom stereocenters. The van der Waals surface area contributed by atoms with Crippen molar-refractivity contribution >= 4 is 0 Å². The molecule has 0 N–H and O–H groups in total. The molecule has 0 aliphatic heterocycles. The van der Waals surface area contributed by atoms with Crippen molar-refractivity contribution in [2.75, 3.05) is 34.7 Å². The van der Waals surface area contributed by atoms with Crippen molar-refractivity contribution in [3.05, 3.63) is 40.5 Å². The predicted molar refractivity (Wildman–Crippen MR) is 63.4 cm³/mol. The maximum atomic E-state index is 4.01. The van der Waals surface area contributed by atoms with E-state index in [2.05, 4.69) is 38.2 Å². The molecule has 0 heterocycles. The molecule has 0 amide bonds. The van der Waals surface area contributed by atoms with Gasteiger partial charge in [0.15, 0.2) is 0 Å². The van der Waals surface area contributed by atoms with Crippen LogP contribution < -0.4 is 0 Å². The second-order valence-corrected chi connectivity index (χ2v) is 4.17. The van der Waals surface area contributed by atoms with Crippen LogP contribution in [0.4, 0.5) is 0 Å². The number of hydrogen-bond acceptors (Lipinski definition) is 1. The summed E-state index contributed by atoms with van der Waals surface area (Å²) in [5.41, 5.74) is 1.39. The van der Waals surface area contributed by atoms with E-state index in [1.165, 1.54) is 5.56 Å². The molecule has 0 saturated carbocycles. The fraction of sp³-hybridized carbons (Fsp3) is 0.545. The Bertz CT molecular complexity index is 198. The molecule has 0 aliphatic carbocycles. The van der Waals surface area contributed by atoms with Crippen LogP contribution in [0.15, 0.2) is 27.6 Å². The number of likely N-dealkylation sites (N-methyl/N-ethyl adjacent to an activating group) is 1. The van der Waals surface area contributed by atoms with Crippen molar-refractivity contribution in [1.82, 2.24) is 0 Å². The van der Waals surface area contributed by atoms with Gasteiger partial charge < -0.3 is 10.6 Å². The third-order valence-corrected chi connectivity index (χ3v) is 1.36. The average Bonchev–Trinajstić information content (AvgIpc) is 2.70. The molecule has 0 fully saturated rings. The Morgan fingerprint density at radius 2 is 1.93 bits per heavy atom. The summed E-state index contributed by atoms with van der Waals surface area (Å²) in [7, 11) is 7.15. The zero-order valence-electron chi connectivity index (χ0n) is 10.0. The first-order valence-electron chi connectivity index (χ1n) is 4.74. The van der Waals surface area contributed by atoms with Crippen LogP contribution >= 0.6 is 0 Å². The van der Waals surface area contributed by atoms with Crippen LogP contribution in [0.5, 0.6) is 0 Å². The van der Waals surface area contributed by atoms with Crippen molar-refractivity contribution in [1.29, 1.82) is 0 Å². The van der Waals surface area contributed by atoms with Gasteiger partial charge in [-0.15, -0.1) is 6.54 Å². The van der Waals surface area contributed by atoms with E-state index in [-0.39, 0.29) is 0 Å². The van der Waals surface area contributed by atoms with Crippen molar-refractivity contribution < 1.29 is 20.9 Å². The van der Waals surface area contributed by atoms with Gasteiger partial charge in [-0.25, -0.2) is 12.1 Å². The minimum atomic E-state index is 0.948. The maximum absolute atomic E-state index is 4.01. The molecule has 0 atom stereocenters. The summed E-state index contributed by atoms with van der Waals surface area (Å²) in [5, 5.41) is 7.51. The van der Waals surface area contributed by atoms with Gasteiger partial charge in [-0.2, -0.15) is 38.8 Å². The van der Waals surface area contributed by atoms with Crippen LogP contribution in [0.1, 0.15) is 5.56 Å². The third-order valence-electron chi connectivity index (χ3n) is 1.36. The Morgan fingerprint density at radius 1 is 1.40 bits per heavy atom. The van der Waals surface area contributed by atoms with Crippen LogP contribution in [0.25, 0.3) is 10.6 Å². The van der Waals surface area contributed by atoms with Gasteiger partial charge in [0.25, 0.3) is 0 Å². The summed E-state index contributed by atoms with van der Waals surface area (Å²) in [5.74, 6) is 0. The first kappa shape index (κ1) is 17.2. The molecule has 0 radical (unpaired) electrons. The zero-order valence-corrected chi connectivity index (χ0v) is 13.2. The Hall–Kier alpha value is -0.190. The topological polar surface area (TPSA) is 40.6 Å². The Kier molecular flexibility index (Phi) is 18.6. The molecular formula is C11H20N3Ta-3. The normalized spacial score (nSPS) is 7.93. The van der Waals surface area contributed by atoms with E-state index in [9.17, 15) is 0 Å². The van der Waals surface area contributed by atoms with Gasteiger partial charge in [-0.05, 0) is 0 Å². The molecule has 1 rings (SSSR count). The van der Waals surface area contributed by atoms with Gasteiger partial charge in [0, 0.05) is 0 Å². The summed E-state index contributed by atoms with van der Waals surface area (Å²) in [6.45, 7) is 0.948. The molecule has 4 heteroatoms. The minimum absolute atomic E-state index is 0.948. The average molecular weight is 375 g/mol. The Labute approximate surface area is 106 Å². The first-order chi connectivity index (χ1) is 7.26. The summed E-state index contributed by atoms with van der Waals surface area (Å²) >= 11 is 1.15. The van der Waals surface area contributed by atoms with E-state index in [0.717, 1.165) is 33.9 Å². The van der Waals surface area contributed by atoms with Crippen molar-refractivity contribution in [2.45, 2.75) is 6.42 Å². The molecule has 3 nitrogen and oxygen atoms in total. The SMILES string of the molecule is C[N-]C.C[N-]CCc1ccc[cH-]1.C[N]=[Ta]. The van der Waals surface area contributed by atoms with Gasteiger partial charge in [-0.1, -0.05) is 6.42 Å². The van der Waals surface area contributed by atoms with Crippen LogP contribution in [-0.4, -0.2) is 34.7 Å². The summed E-state index contributed by atoms with van der Waals surface area (Å²) in [6.07, 6.45) is 1.09. The number of rotatable bonds is 3. The van der Waals surface area contributed by atoms with Crippen LogP contribution in [0.3, 0.4) is 0 Å². The molecular weight excluding hydrogens is 355 g/mol. The molecule has 0 aliphatic rings. The summed E-state index contributed by atoms with van der Waals surface area (Å²) in [6, 6.07) is 8.38. The number of hydrogen-bond donors (Lipinski definition) is 0. The van der Waals surface area contributed by atoms with Gasteiger partial charge in [0.2, 0.25) is 0 Å². The van der Waals surface area contributed by atoms with Crippen LogP contribution in [0, 0.1) is 0 Å². The molecule has 0 spiro atoms. The first-order valence-corrected chi connectivity index (χ1v) is 6.17. The van der Waals surface area contributed by atoms with E-state index in [1.54, 1.807) is 21.1 Å². The molecule has 1 aromatic rings.